The number of rotatable bonds is 4. The van der Waals surface area contributed by atoms with E-state index in [4.69, 9.17) is 0 Å². The number of ketones is 1. The Bertz CT molecular complexity index is 1500. The van der Waals surface area contributed by atoms with Crippen molar-refractivity contribution in [1.82, 2.24) is 19.7 Å². The monoisotopic (exact) mass is 422 g/mol. The summed E-state index contributed by atoms with van der Waals surface area (Å²) >= 11 is 1.33. The molecule has 6 heteroatoms. The first-order valence-corrected chi connectivity index (χ1v) is 11.1. The fraction of sp³-hybridized carbons (Fsp3) is 0.120. The molecule has 0 unspecified atom stereocenters. The van der Waals surface area contributed by atoms with Crippen LogP contribution in [0.15, 0.2) is 71.9 Å². The number of hydrogen-bond donors (Lipinski definition) is 0. The molecule has 2 aromatic heterocycles. The van der Waals surface area contributed by atoms with Crippen molar-refractivity contribution in [2.75, 3.05) is 5.75 Å². The van der Waals surface area contributed by atoms with Crippen molar-refractivity contribution in [3.8, 4) is 11.1 Å². The molecule has 0 saturated carbocycles. The summed E-state index contributed by atoms with van der Waals surface area (Å²) in [5, 5.41) is 10.2. The Morgan fingerprint density at radius 1 is 0.968 bits per heavy atom. The number of hydrogen-bond acceptors (Lipinski definition) is 5. The van der Waals surface area contributed by atoms with Crippen LogP contribution < -0.4 is 0 Å². The molecule has 2 heterocycles. The Morgan fingerprint density at radius 2 is 1.77 bits per heavy atom. The normalized spacial score (nSPS) is 12.3. The standard InChI is InChI=1S/C25H18N4OS/c1-29-21-9-5-4-8-20(21)23-24(29)26-25(28-27-23)31-14-22(30)16-10-11-19-17(13-16)12-15-6-2-3-7-18(15)19/h2-11,13H,12,14H2,1H3. The smallest absolute Gasteiger partial charge is 0.211 e. The lowest BCUT2D eigenvalue weighted by atomic mass is 10.0. The minimum Gasteiger partial charge on any atom is -0.327 e. The Hall–Kier alpha value is -3.51. The summed E-state index contributed by atoms with van der Waals surface area (Å²) < 4.78 is 2.02. The van der Waals surface area contributed by atoms with Gasteiger partial charge in [-0.1, -0.05) is 66.4 Å². The van der Waals surface area contributed by atoms with E-state index < -0.39 is 0 Å². The summed E-state index contributed by atoms with van der Waals surface area (Å²) in [6.07, 6.45) is 0.879. The van der Waals surface area contributed by atoms with Crippen LogP contribution in [0.25, 0.3) is 33.2 Å². The van der Waals surface area contributed by atoms with E-state index in [9.17, 15) is 4.79 Å². The number of nitrogens with zero attached hydrogens (tertiary/aromatic N) is 4. The topological polar surface area (TPSA) is 60.7 Å². The van der Waals surface area contributed by atoms with Crippen molar-refractivity contribution in [1.29, 1.82) is 0 Å². The van der Waals surface area contributed by atoms with E-state index in [2.05, 4.69) is 45.5 Å². The Morgan fingerprint density at radius 3 is 2.71 bits per heavy atom. The zero-order valence-corrected chi connectivity index (χ0v) is 17.7. The van der Waals surface area contributed by atoms with Crippen molar-refractivity contribution in [3.63, 3.8) is 0 Å². The number of benzene rings is 3. The largest absolute Gasteiger partial charge is 0.327 e. The van der Waals surface area contributed by atoms with E-state index in [0.29, 0.717) is 5.16 Å². The summed E-state index contributed by atoms with van der Waals surface area (Å²) in [5.74, 6) is 0.354. The fourth-order valence-electron chi connectivity index (χ4n) is 4.39. The SMILES string of the molecule is Cn1c2ccccc2c2nnc(SCC(=O)c3ccc4c(c3)Cc3ccccc3-4)nc21. The highest BCUT2D eigenvalue weighted by molar-refractivity contribution is 7.99. The number of Topliss-reactive ketones (excluding diaryl/α,β-unsaturated/α-hetero) is 1. The molecule has 1 aliphatic rings. The zero-order valence-electron chi connectivity index (χ0n) is 16.9. The first-order valence-electron chi connectivity index (χ1n) is 10.1. The van der Waals surface area contributed by atoms with E-state index in [-0.39, 0.29) is 11.5 Å². The molecule has 0 saturated heterocycles. The molecular formula is C25H18N4OS. The van der Waals surface area contributed by atoms with Crippen molar-refractivity contribution in [2.24, 2.45) is 7.05 Å². The highest BCUT2D eigenvalue weighted by Gasteiger charge is 2.20. The number of aryl methyl sites for hydroxylation is 1. The maximum atomic E-state index is 12.9. The average molecular weight is 423 g/mol. The molecule has 0 spiro atoms. The summed E-state index contributed by atoms with van der Waals surface area (Å²) in [7, 11) is 1.97. The van der Waals surface area contributed by atoms with Gasteiger partial charge in [0.15, 0.2) is 11.4 Å². The molecule has 150 valence electrons. The Kier molecular flexibility index (Phi) is 4.14. The third-order valence-corrected chi connectivity index (χ3v) is 6.77. The highest BCUT2D eigenvalue weighted by atomic mass is 32.2. The maximum Gasteiger partial charge on any atom is 0.211 e. The van der Waals surface area contributed by atoms with Gasteiger partial charge in [0.1, 0.15) is 5.52 Å². The van der Waals surface area contributed by atoms with E-state index in [0.717, 1.165) is 34.1 Å². The van der Waals surface area contributed by atoms with Crippen LogP contribution in [0.4, 0.5) is 0 Å². The van der Waals surface area contributed by atoms with Gasteiger partial charge >= 0.3 is 0 Å². The summed E-state index contributed by atoms with van der Waals surface area (Å²) in [4.78, 5) is 17.5. The van der Waals surface area contributed by atoms with Crippen LogP contribution in [-0.2, 0) is 13.5 Å². The molecule has 31 heavy (non-hydrogen) atoms. The van der Waals surface area contributed by atoms with E-state index >= 15 is 0 Å². The van der Waals surface area contributed by atoms with Gasteiger partial charge in [0.05, 0.1) is 11.3 Å². The van der Waals surface area contributed by atoms with Crippen LogP contribution >= 0.6 is 11.8 Å². The third-order valence-electron chi connectivity index (χ3n) is 5.94. The van der Waals surface area contributed by atoms with Crippen LogP contribution in [0.5, 0.6) is 0 Å². The van der Waals surface area contributed by atoms with Crippen LogP contribution in [0, 0.1) is 0 Å². The third kappa shape index (κ3) is 2.94. The molecule has 0 bridgehead atoms. The quantitative estimate of drug-likeness (QED) is 0.293. The lowest BCUT2D eigenvalue weighted by molar-refractivity contribution is 0.102. The maximum absolute atomic E-state index is 12.9. The minimum absolute atomic E-state index is 0.0736. The van der Waals surface area contributed by atoms with Gasteiger partial charge in [0.2, 0.25) is 5.16 Å². The second-order valence-corrected chi connectivity index (χ2v) is 8.70. The average Bonchev–Trinajstić information content (AvgIpc) is 3.32. The molecule has 5 nitrogen and oxygen atoms in total. The lowest BCUT2D eigenvalue weighted by Crippen LogP contribution is -2.04. The summed E-state index contributed by atoms with van der Waals surface area (Å²) in [5.41, 5.74) is 8.40. The van der Waals surface area contributed by atoms with Crippen LogP contribution in [0.3, 0.4) is 0 Å². The van der Waals surface area contributed by atoms with Crippen molar-refractivity contribution in [2.45, 2.75) is 11.6 Å². The molecule has 0 amide bonds. The molecule has 1 aliphatic carbocycles. The van der Waals surface area contributed by atoms with E-state index in [1.54, 1.807) is 0 Å². The van der Waals surface area contributed by atoms with Gasteiger partial charge in [-0.05, 0) is 40.8 Å². The van der Waals surface area contributed by atoms with E-state index in [1.165, 1.54) is 34.0 Å². The molecule has 0 N–H and O–H groups in total. The number of carbonyl (C=O) groups excluding carboxylic acids is 1. The Labute approximate surface area is 183 Å². The predicted octanol–water partition coefficient (Wildman–Crippen LogP) is 5.06. The zero-order chi connectivity index (χ0) is 20.9. The molecule has 0 atom stereocenters. The fourth-order valence-corrected chi connectivity index (χ4v) is 5.06. The number of carbonyl (C=O) groups is 1. The van der Waals surface area contributed by atoms with Crippen molar-refractivity contribution < 1.29 is 4.79 Å². The second-order valence-electron chi connectivity index (χ2n) is 7.76. The Balaban J connectivity index is 1.24. The summed E-state index contributed by atoms with van der Waals surface area (Å²) in [6.45, 7) is 0. The van der Waals surface area contributed by atoms with Gasteiger partial charge in [0, 0.05) is 18.0 Å². The number of para-hydroxylation sites is 1. The van der Waals surface area contributed by atoms with Crippen LogP contribution in [0.1, 0.15) is 21.5 Å². The van der Waals surface area contributed by atoms with Gasteiger partial charge in [0.25, 0.3) is 0 Å². The van der Waals surface area contributed by atoms with E-state index in [1.807, 2.05) is 48.0 Å². The van der Waals surface area contributed by atoms with Crippen LogP contribution in [-0.4, -0.2) is 31.3 Å². The van der Waals surface area contributed by atoms with Gasteiger partial charge < -0.3 is 4.57 Å². The van der Waals surface area contributed by atoms with Crippen molar-refractivity contribution >= 4 is 39.6 Å². The molecule has 3 aromatic carbocycles. The highest BCUT2D eigenvalue weighted by Crippen LogP contribution is 2.37. The first-order chi connectivity index (χ1) is 15.2. The number of thioether (sulfide) groups is 1. The first kappa shape index (κ1) is 18.3. The molecular weight excluding hydrogens is 404 g/mol. The van der Waals surface area contributed by atoms with Gasteiger partial charge in [-0.2, -0.15) is 0 Å². The number of aromatic nitrogens is 4. The van der Waals surface area contributed by atoms with Gasteiger partial charge in [-0.3, -0.25) is 4.79 Å². The molecule has 0 aliphatic heterocycles. The predicted molar refractivity (Wildman–Crippen MR) is 124 cm³/mol. The second kappa shape index (κ2) is 7.03. The van der Waals surface area contributed by atoms with Crippen LogP contribution in [0.2, 0.25) is 0 Å². The lowest BCUT2D eigenvalue weighted by Gasteiger charge is -2.05. The number of fused-ring (bicyclic) bond motifs is 6. The molecule has 6 rings (SSSR count). The molecule has 0 radical (unpaired) electrons. The van der Waals surface area contributed by atoms with Gasteiger partial charge in [-0.15, -0.1) is 10.2 Å². The molecule has 5 aromatic rings. The van der Waals surface area contributed by atoms with Crippen molar-refractivity contribution in [3.05, 3.63) is 83.4 Å². The minimum atomic E-state index is 0.0736. The van der Waals surface area contributed by atoms with Gasteiger partial charge in [-0.25, -0.2) is 4.98 Å². The molecule has 0 fully saturated rings. The summed E-state index contributed by atoms with van der Waals surface area (Å²) in [6, 6.07) is 22.5.